The van der Waals surface area contributed by atoms with Gasteiger partial charge in [-0.3, -0.25) is 4.79 Å². The van der Waals surface area contributed by atoms with Gasteiger partial charge in [0.1, 0.15) is 5.82 Å². The van der Waals surface area contributed by atoms with Gasteiger partial charge in [-0.25, -0.2) is 4.39 Å². The van der Waals surface area contributed by atoms with Crippen LogP contribution in [0.4, 0.5) is 10.1 Å². The molecule has 4 nitrogen and oxygen atoms in total. The van der Waals surface area contributed by atoms with E-state index in [9.17, 15) is 9.18 Å². The molecule has 3 rings (SSSR count). The topological polar surface area (TPSA) is 35.6 Å². The van der Waals surface area contributed by atoms with Crippen LogP contribution < -0.4 is 10.2 Å². The van der Waals surface area contributed by atoms with Crippen LogP contribution in [0.15, 0.2) is 24.3 Å². The number of hydrogen-bond acceptors (Lipinski definition) is 3. The third-order valence-electron chi connectivity index (χ3n) is 4.45. The Morgan fingerprint density at radius 1 is 1.13 bits per heavy atom. The van der Waals surface area contributed by atoms with Gasteiger partial charge in [-0.15, -0.1) is 24.8 Å². The van der Waals surface area contributed by atoms with E-state index in [1.807, 2.05) is 4.90 Å². The number of nitrogens with zero attached hydrogens (tertiary/aromatic N) is 2. The molecule has 2 fully saturated rings. The molecular weight excluding hydrogens is 340 g/mol. The molecule has 0 spiro atoms. The summed E-state index contributed by atoms with van der Waals surface area (Å²) in [4.78, 5) is 16.5. The Labute approximate surface area is 149 Å². The number of piperazine rings is 1. The van der Waals surface area contributed by atoms with E-state index in [-0.39, 0.29) is 36.5 Å². The number of halogens is 3. The molecule has 2 heterocycles. The molecule has 2 aliphatic heterocycles. The largest absolute Gasteiger partial charge is 0.368 e. The highest BCUT2D eigenvalue weighted by molar-refractivity contribution is 5.85. The van der Waals surface area contributed by atoms with Gasteiger partial charge < -0.3 is 15.1 Å². The van der Waals surface area contributed by atoms with Crippen LogP contribution in [0.3, 0.4) is 0 Å². The van der Waals surface area contributed by atoms with Gasteiger partial charge in [-0.2, -0.15) is 0 Å². The molecule has 2 saturated heterocycles. The lowest BCUT2D eigenvalue weighted by atomic mass is 10.0. The Morgan fingerprint density at radius 3 is 2.35 bits per heavy atom. The summed E-state index contributed by atoms with van der Waals surface area (Å²) in [7, 11) is 0. The number of anilines is 1. The van der Waals surface area contributed by atoms with Crippen LogP contribution in [0.5, 0.6) is 0 Å². The Hall–Kier alpha value is -1.04. The van der Waals surface area contributed by atoms with Crippen LogP contribution in [-0.2, 0) is 4.79 Å². The quantitative estimate of drug-likeness (QED) is 0.894. The van der Waals surface area contributed by atoms with Crippen LogP contribution in [0.1, 0.15) is 12.8 Å². The zero-order valence-electron chi connectivity index (χ0n) is 13.0. The monoisotopic (exact) mass is 363 g/mol. The Bertz CT molecular complexity index is 487. The Kier molecular flexibility index (Phi) is 8.09. The van der Waals surface area contributed by atoms with E-state index in [4.69, 9.17) is 0 Å². The number of hydrogen-bond donors (Lipinski definition) is 1. The van der Waals surface area contributed by atoms with Gasteiger partial charge >= 0.3 is 0 Å². The highest BCUT2D eigenvalue weighted by Gasteiger charge is 2.25. The fourth-order valence-corrected chi connectivity index (χ4v) is 3.13. The summed E-state index contributed by atoms with van der Waals surface area (Å²) in [6, 6.07) is 6.58. The summed E-state index contributed by atoms with van der Waals surface area (Å²) in [6.07, 6.45) is 1.78. The summed E-state index contributed by atoms with van der Waals surface area (Å²) in [5, 5.41) is 3.30. The van der Waals surface area contributed by atoms with E-state index >= 15 is 0 Å². The first kappa shape index (κ1) is 20.0. The predicted octanol–water partition coefficient (Wildman–Crippen LogP) is 2.32. The fourth-order valence-electron chi connectivity index (χ4n) is 3.13. The third-order valence-corrected chi connectivity index (χ3v) is 4.45. The van der Waals surface area contributed by atoms with E-state index in [2.05, 4.69) is 10.2 Å². The number of carbonyl (C=O) groups excluding carboxylic acids is 1. The lowest BCUT2D eigenvalue weighted by molar-refractivity contribution is -0.132. The van der Waals surface area contributed by atoms with Crippen LogP contribution in [0, 0.1) is 11.7 Å². The Morgan fingerprint density at radius 2 is 1.78 bits per heavy atom. The van der Waals surface area contributed by atoms with E-state index in [0.29, 0.717) is 12.3 Å². The number of carbonyl (C=O) groups is 1. The minimum absolute atomic E-state index is 0. The van der Waals surface area contributed by atoms with Crippen molar-refractivity contribution < 1.29 is 9.18 Å². The standard InChI is InChI=1S/C16H22FN3O.2ClH/c17-14-1-3-15(4-2-14)19-7-9-20(10-8-19)16(21)11-13-5-6-18-12-13;;/h1-4,13,18H,5-12H2;2*1H. The molecule has 0 aromatic heterocycles. The van der Waals surface area contributed by atoms with Crippen molar-refractivity contribution in [1.82, 2.24) is 10.2 Å². The van der Waals surface area contributed by atoms with Crippen molar-refractivity contribution in [3.63, 3.8) is 0 Å². The van der Waals surface area contributed by atoms with Crippen molar-refractivity contribution in [2.75, 3.05) is 44.2 Å². The minimum atomic E-state index is -0.210. The maximum absolute atomic E-state index is 12.9. The lowest BCUT2D eigenvalue weighted by Crippen LogP contribution is -2.49. The smallest absolute Gasteiger partial charge is 0.223 e. The predicted molar refractivity (Wildman–Crippen MR) is 95.3 cm³/mol. The molecule has 1 aromatic rings. The van der Waals surface area contributed by atoms with E-state index in [1.165, 1.54) is 12.1 Å². The van der Waals surface area contributed by atoms with Crippen molar-refractivity contribution in [3.05, 3.63) is 30.1 Å². The SMILES string of the molecule is Cl.Cl.O=C(CC1CCNC1)N1CCN(c2ccc(F)cc2)CC1. The van der Waals surface area contributed by atoms with Gasteiger partial charge in [0, 0.05) is 38.3 Å². The first-order chi connectivity index (χ1) is 10.2. The first-order valence-corrected chi connectivity index (χ1v) is 7.71. The van der Waals surface area contributed by atoms with E-state index in [1.54, 1.807) is 12.1 Å². The summed E-state index contributed by atoms with van der Waals surface area (Å²) in [5.41, 5.74) is 1.03. The average Bonchev–Trinajstić information content (AvgIpc) is 3.01. The van der Waals surface area contributed by atoms with Crippen LogP contribution in [-0.4, -0.2) is 50.1 Å². The molecule has 7 heteroatoms. The van der Waals surface area contributed by atoms with Crippen molar-refractivity contribution in [2.24, 2.45) is 5.92 Å². The molecular formula is C16H24Cl2FN3O. The second-order valence-electron chi connectivity index (χ2n) is 5.91. The molecule has 23 heavy (non-hydrogen) atoms. The molecule has 1 N–H and O–H groups in total. The van der Waals surface area contributed by atoms with Gasteiger partial charge in [-0.1, -0.05) is 0 Å². The van der Waals surface area contributed by atoms with Gasteiger partial charge in [-0.05, 0) is 49.7 Å². The second-order valence-corrected chi connectivity index (χ2v) is 5.91. The maximum atomic E-state index is 12.9. The normalized spacial score (nSPS) is 20.7. The third kappa shape index (κ3) is 5.23. The zero-order chi connectivity index (χ0) is 14.7. The summed E-state index contributed by atoms with van der Waals surface area (Å²) in [6.45, 7) is 5.17. The van der Waals surface area contributed by atoms with Crippen molar-refractivity contribution in [1.29, 1.82) is 0 Å². The van der Waals surface area contributed by atoms with Gasteiger partial charge in [0.25, 0.3) is 0 Å². The number of amides is 1. The number of rotatable bonds is 3. The molecule has 0 bridgehead atoms. The van der Waals surface area contributed by atoms with Crippen molar-refractivity contribution in [3.8, 4) is 0 Å². The first-order valence-electron chi connectivity index (χ1n) is 7.71. The molecule has 1 atom stereocenters. The summed E-state index contributed by atoms with van der Waals surface area (Å²) in [5.74, 6) is 0.577. The molecule has 1 unspecified atom stereocenters. The average molecular weight is 364 g/mol. The lowest BCUT2D eigenvalue weighted by Gasteiger charge is -2.36. The maximum Gasteiger partial charge on any atom is 0.223 e. The van der Waals surface area contributed by atoms with Gasteiger partial charge in [0.15, 0.2) is 0 Å². The molecule has 2 aliphatic rings. The molecule has 1 aromatic carbocycles. The molecule has 0 aliphatic carbocycles. The van der Waals surface area contributed by atoms with Crippen molar-refractivity contribution in [2.45, 2.75) is 12.8 Å². The Balaban J connectivity index is 0.00000132. The highest BCUT2D eigenvalue weighted by Crippen LogP contribution is 2.19. The number of benzene rings is 1. The van der Waals surface area contributed by atoms with Gasteiger partial charge in [0.05, 0.1) is 0 Å². The minimum Gasteiger partial charge on any atom is -0.368 e. The van der Waals surface area contributed by atoms with E-state index in [0.717, 1.165) is 51.4 Å². The van der Waals surface area contributed by atoms with Gasteiger partial charge in [0.2, 0.25) is 5.91 Å². The summed E-state index contributed by atoms with van der Waals surface area (Å²) < 4.78 is 12.9. The van der Waals surface area contributed by atoms with E-state index < -0.39 is 0 Å². The van der Waals surface area contributed by atoms with Crippen molar-refractivity contribution >= 4 is 36.4 Å². The van der Waals surface area contributed by atoms with Crippen LogP contribution in [0.25, 0.3) is 0 Å². The molecule has 0 radical (unpaired) electrons. The van der Waals surface area contributed by atoms with Crippen LogP contribution >= 0.6 is 24.8 Å². The molecule has 1 amide bonds. The summed E-state index contributed by atoms with van der Waals surface area (Å²) >= 11 is 0. The molecule has 0 saturated carbocycles. The van der Waals surface area contributed by atoms with Crippen LogP contribution in [0.2, 0.25) is 0 Å². The highest BCUT2D eigenvalue weighted by atomic mass is 35.5. The number of nitrogens with one attached hydrogen (secondary N) is 1. The fraction of sp³-hybridized carbons (Fsp3) is 0.562. The zero-order valence-corrected chi connectivity index (χ0v) is 14.7. The molecule has 130 valence electrons. The second kappa shape index (κ2) is 9.30.